The molecule has 0 saturated carbocycles. The summed E-state index contributed by atoms with van der Waals surface area (Å²) >= 11 is 12.4. The van der Waals surface area contributed by atoms with E-state index in [4.69, 9.17) is 23.8 Å². The number of thioether (sulfide) groups is 1. The number of rotatable bonds is 2. The number of nitrogens with zero attached hydrogens (tertiary/aromatic N) is 1. The van der Waals surface area contributed by atoms with Crippen LogP contribution in [-0.2, 0) is 4.79 Å². The molecule has 110 valence electrons. The molecule has 2 aromatic rings. The monoisotopic (exact) mass is 347 g/mol. The van der Waals surface area contributed by atoms with Gasteiger partial charge in [-0.25, -0.2) is 0 Å². The number of hydrogen-bond donors (Lipinski definition) is 1. The van der Waals surface area contributed by atoms with Gasteiger partial charge in [-0.1, -0.05) is 53.8 Å². The van der Waals surface area contributed by atoms with Crippen LogP contribution in [0, 0.1) is 0 Å². The SMILES string of the molecule is O=C1/C(=C\c2cc(Cl)ccc2O)SC(=S)N1c1ccccc1. The summed E-state index contributed by atoms with van der Waals surface area (Å²) in [6, 6.07) is 13.9. The zero-order valence-corrected chi connectivity index (χ0v) is 13.6. The van der Waals surface area contributed by atoms with Gasteiger partial charge in [0.25, 0.3) is 5.91 Å². The molecule has 3 nitrogen and oxygen atoms in total. The number of para-hydroxylation sites is 1. The van der Waals surface area contributed by atoms with Gasteiger partial charge < -0.3 is 5.11 Å². The lowest BCUT2D eigenvalue weighted by molar-refractivity contribution is -0.113. The van der Waals surface area contributed by atoms with Crippen molar-refractivity contribution in [2.75, 3.05) is 4.90 Å². The summed E-state index contributed by atoms with van der Waals surface area (Å²) in [5, 5.41) is 10.3. The summed E-state index contributed by atoms with van der Waals surface area (Å²) < 4.78 is 0.462. The van der Waals surface area contributed by atoms with Crippen LogP contribution in [-0.4, -0.2) is 15.3 Å². The first-order valence-corrected chi connectivity index (χ1v) is 7.98. The van der Waals surface area contributed by atoms with Crippen molar-refractivity contribution >= 4 is 57.6 Å². The Bertz CT molecular complexity index is 790. The van der Waals surface area contributed by atoms with Crippen LogP contribution in [0.1, 0.15) is 5.56 Å². The Labute approximate surface area is 142 Å². The Morgan fingerprint density at radius 3 is 2.64 bits per heavy atom. The van der Waals surface area contributed by atoms with Gasteiger partial charge in [0, 0.05) is 10.6 Å². The van der Waals surface area contributed by atoms with Crippen molar-refractivity contribution in [1.82, 2.24) is 0 Å². The standard InChI is InChI=1S/C16H10ClNO2S2/c17-11-6-7-13(19)10(8-11)9-14-15(20)18(16(21)22-14)12-4-2-1-3-5-12/h1-9,19H/b14-9+. The first-order valence-electron chi connectivity index (χ1n) is 6.38. The molecule has 3 rings (SSSR count). The van der Waals surface area contributed by atoms with Gasteiger partial charge in [-0.15, -0.1) is 0 Å². The van der Waals surface area contributed by atoms with E-state index >= 15 is 0 Å². The van der Waals surface area contributed by atoms with Crippen LogP contribution >= 0.6 is 35.6 Å². The Morgan fingerprint density at radius 2 is 1.91 bits per heavy atom. The van der Waals surface area contributed by atoms with E-state index in [-0.39, 0.29) is 11.7 Å². The maximum Gasteiger partial charge on any atom is 0.270 e. The lowest BCUT2D eigenvalue weighted by atomic mass is 10.2. The van der Waals surface area contributed by atoms with E-state index in [1.165, 1.54) is 22.7 Å². The van der Waals surface area contributed by atoms with Crippen molar-refractivity contribution in [3.63, 3.8) is 0 Å². The van der Waals surface area contributed by atoms with Crippen molar-refractivity contribution in [1.29, 1.82) is 0 Å². The lowest BCUT2D eigenvalue weighted by Crippen LogP contribution is -2.27. The van der Waals surface area contributed by atoms with Gasteiger partial charge in [-0.05, 0) is 36.4 Å². The third-order valence-electron chi connectivity index (χ3n) is 3.08. The van der Waals surface area contributed by atoms with Crippen molar-refractivity contribution in [2.24, 2.45) is 0 Å². The highest BCUT2D eigenvalue weighted by atomic mass is 35.5. The van der Waals surface area contributed by atoms with Gasteiger partial charge >= 0.3 is 0 Å². The number of carbonyl (C=O) groups excluding carboxylic acids is 1. The summed E-state index contributed by atoms with van der Waals surface area (Å²) in [5.41, 5.74) is 1.21. The maximum absolute atomic E-state index is 12.6. The minimum Gasteiger partial charge on any atom is -0.507 e. The van der Waals surface area contributed by atoms with Crippen molar-refractivity contribution in [3.8, 4) is 5.75 Å². The molecule has 0 aromatic heterocycles. The molecule has 0 radical (unpaired) electrons. The van der Waals surface area contributed by atoms with Crippen molar-refractivity contribution < 1.29 is 9.90 Å². The third-order valence-corrected chi connectivity index (χ3v) is 4.62. The zero-order chi connectivity index (χ0) is 15.7. The van der Waals surface area contributed by atoms with Crippen LogP contribution in [0.15, 0.2) is 53.4 Å². The zero-order valence-electron chi connectivity index (χ0n) is 11.2. The van der Waals surface area contributed by atoms with E-state index in [0.29, 0.717) is 19.8 Å². The largest absolute Gasteiger partial charge is 0.507 e. The van der Waals surface area contributed by atoms with E-state index in [2.05, 4.69) is 0 Å². The number of benzene rings is 2. The number of amides is 1. The number of phenols is 1. The molecule has 22 heavy (non-hydrogen) atoms. The van der Waals surface area contributed by atoms with Gasteiger partial charge in [0.15, 0.2) is 4.32 Å². The Balaban J connectivity index is 1.97. The average molecular weight is 348 g/mol. The van der Waals surface area contributed by atoms with E-state index < -0.39 is 0 Å². The highest BCUT2D eigenvalue weighted by Gasteiger charge is 2.33. The fourth-order valence-corrected chi connectivity index (χ4v) is 3.52. The highest BCUT2D eigenvalue weighted by molar-refractivity contribution is 8.27. The number of anilines is 1. The maximum atomic E-state index is 12.6. The Kier molecular flexibility index (Phi) is 4.20. The molecule has 0 atom stereocenters. The lowest BCUT2D eigenvalue weighted by Gasteiger charge is -2.13. The van der Waals surface area contributed by atoms with Crippen LogP contribution in [0.2, 0.25) is 5.02 Å². The number of halogens is 1. The summed E-state index contributed by atoms with van der Waals surface area (Å²) in [7, 11) is 0. The van der Waals surface area contributed by atoms with E-state index in [0.717, 1.165) is 5.69 Å². The summed E-state index contributed by atoms with van der Waals surface area (Å²) in [6.07, 6.45) is 1.60. The highest BCUT2D eigenvalue weighted by Crippen LogP contribution is 2.37. The van der Waals surface area contributed by atoms with Gasteiger partial charge in [0.2, 0.25) is 0 Å². The molecule has 0 aliphatic carbocycles. The van der Waals surface area contributed by atoms with Crippen LogP contribution in [0.5, 0.6) is 5.75 Å². The molecule has 0 spiro atoms. The molecule has 2 aromatic carbocycles. The molecular formula is C16H10ClNO2S2. The van der Waals surface area contributed by atoms with Crippen molar-refractivity contribution in [2.45, 2.75) is 0 Å². The number of aromatic hydroxyl groups is 1. The van der Waals surface area contributed by atoms with Crippen LogP contribution < -0.4 is 4.90 Å². The van der Waals surface area contributed by atoms with Crippen molar-refractivity contribution in [3.05, 3.63) is 64.0 Å². The molecule has 1 saturated heterocycles. The average Bonchev–Trinajstić information content (AvgIpc) is 2.78. The van der Waals surface area contributed by atoms with Crippen LogP contribution in [0.25, 0.3) is 6.08 Å². The number of thiocarbonyl (C=S) groups is 1. The fourth-order valence-electron chi connectivity index (χ4n) is 2.05. The number of phenolic OH excluding ortho intramolecular Hbond substituents is 1. The van der Waals surface area contributed by atoms with E-state index in [9.17, 15) is 9.90 Å². The molecule has 0 unspecified atom stereocenters. The van der Waals surface area contributed by atoms with Gasteiger partial charge in [-0.3, -0.25) is 9.69 Å². The molecule has 1 amide bonds. The minimum absolute atomic E-state index is 0.0642. The molecule has 0 bridgehead atoms. The molecular weight excluding hydrogens is 338 g/mol. The first-order chi connectivity index (χ1) is 10.6. The molecule has 1 aliphatic heterocycles. The third kappa shape index (κ3) is 2.88. The van der Waals surface area contributed by atoms with Gasteiger partial charge in [0.05, 0.1) is 10.6 Å². The molecule has 1 N–H and O–H groups in total. The molecule has 1 aliphatic rings. The summed E-state index contributed by atoms with van der Waals surface area (Å²) in [4.78, 5) is 14.5. The normalized spacial score (nSPS) is 16.6. The molecule has 6 heteroatoms. The van der Waals surface area contributed by atoms with Crippen LogP contribution in [0.3, 0.4) is 0 Å². The fraction of sp³-hybridized carbons (Fsp3) is 0. The Hall–Kier alpha value is -1.82. The van der Waals surface area contributed by atoms with E-state index in [1.54, 1.807) is 18.2 Å². The predicted molar refractivity (Wildman–Crippen MR) is 95.2 cm³/mol. The second-order valence-corrected chi connectivity index (χ2v) is 6.67. The smallest absolute Gasteiger partial charge is 0.270 e. The first kappa shape index (κ1) is 15.1. The van der Waals surface area contributed by atoms with Gasteiger partial charge in [0.1, 0.15) is 5.75 Å². The Morgan fingerprint density at radius 1 is 1.18 bits per heavy atom. The minimum atomic E-state index is -0.208. The second-order valence-electron chi connectivity index (χ2n) is 4.56. The number of carbonyl (C=O) groups is 1. The topological polar surface area (TPSA) is 40.5 Å². The quantitative estimate of drug-likeness (QED) is 0.643. The van der Waals surface area contributed by atoms with Crippen LogP contribution in [0.4, 0.5) is 5.69 Å². The molecule has 1 heterocycles. The predicted octanol–water partition coefficient (Wildman–Crippen LogP) is 4.45. The summed E-state index contributed by atoms with van der Waals surface area (Å²) in [6.45, 7) is 0. The second kappa shape index (κ2) is 6.12. The molecule has 1 fully saturated rings. The van der Waals surface area contributed by atoms with Gasteiger partial charge in [-0.2, -0.15) is 0 Å². The number of hydrogen-bond acceptors (Lipinski definition) is 4. The summed E-state index contributed by atoms with van der Waals surface area (Å²) in [5.74, 6) is -0.144. The van der Waals surface area contributed by atoms with E-state index in [1.807, 2.05) is 30.3 Å².